The van der Waals surface area contributed by atoms with E-state index in [0.29, 0.717) is 23.8 Å². The Morgan fingerprint density at radius 3 is 2.50 bits per heavy atom. The first-order chi connectivity index (χ1) is 12.9. The Kier molecular flexibility index (Phi) is 7.04. The number of nitrogens with two attached hydrogens (primary N) is 1. The van der Waals surface area contributed by atoms with E-state index in [1.165, 1.54) is 17.2 Å². The van der Waals surface area contributed by atoms with E-state index in [0.717, 1.165) is 24.0 Å². The summed E-state index contributed by atoms with van der Waals surface area (Å²) in [6.45, 7) is 3.77. The highest BCUT2D eigenvalue weighted by Crippen LogP contribution is 2.10. The molecule has 0 aliphatic heterocycles. The monoisotopic (exact) mass is 407 g/mol. The van der Waals surface area contributed by atoms with Gasteiger partial charge in [0.1, 0.15) is 5.75 Å². The van der Waals surface area contributed by atoms with Gasteiger partial charge in [-0.15, -0.1) is 0 Å². The predicted octanol–water partition coefficient (Wildman–Crippen LogP) is -3.27. The van der Waals surface area contributed by atoms with Crippen molar-refractivity contribution in [1.29, 1.82) is 0 Å². The first-order valence-electron chi connectivity index (χ1n) is 9.10. The summed E-state index contributed by atoms with van der Waals surface area (Å²) >= 11 is 0. The fourth-order valence-electron chi connectivity index (χ4n) is 3.32. The molecule has 2 aromatic heterocycles. The van der Waals surface area contributed by atoms with Crippen molar-refractivity contribution in [3.63, 3.8) is 0 Å². The number of aromatic hydroxyl groups is 1. The maximum Gasteiger partial charge on any atom is 0.332 e. The number of imidazole rings is 1. The van der Waals surface area contributed by atoms with Crippen LogP contribution in [0.3, 0.4) is 0 Å². The van der Waals surface area contributed by atoms with Crippen LogP contribution in [0.5, 0.6) is 5.75 Å². The molecule has 0 saturated carbocycles. The Morgan fingerprint density at radius 2 is 1.82 bits per heavy atom. The molecular formula is C19H26ClN5O3. The molecule has 0 saturated heterocycles. The molecule has 3 rings (SSSR count). The molecule has 1 unspecified atom stereocenters. The van der Waals surface area contributed by atoms with Crippen LogP contribution in [-0.4, -0.2) is 36.4 Å². The zero-order valence-electron chi connectivity index (χ0n) is 16.3. The maximum atomic E-state index is 12.4. The lowest BCUT2D eigenvalue weighted by Crippen LogP contribution is -3.00. The van der Waals surface area contributed by atoms with Crippen LogP contribution < -0.4 is 29.0 Å². The number of aryl methyl sites for hydroxylation is 2. The van der Waals surface area contributed by atoms with Gasteiger partial charge in [-0.1, -0.05) is 12.1 Å². The van der Waals surface area contributed by atoms with Gasteiger partial charge in [-0.3, -0.25) is 13.9 Å². The highest BCUT2D eigenvalue weighted by atomic mass is 35.5. The number of phenolic OH excluding ortho intramolecular Hbond substituents is 1. The summed E-state index contributed by atoms with van der Waals surface area (Å²) in [4.78, 5) is 28.6. The van der Waals surface area contributed by atoms with Gasteiger partial charge in [0.15, 0.2) is 11.2 Å². The summed E-state index contributed by atoms with van der Waals surface area (Å²) in [6.07, 6.45) is 3.44. The molecule has 8 nitrogen and oxygen atoms in total. The second-order valence-electron chi connectivity index (χ2n) is 7.04. The van der Waals surface area contributed by atoms with E-state index in [4.69, 9.17) is 0 Å². The maximum absolute atomic E-state index is 12.4. The second kappa shape index (κ2) is 9.07. The quantitative estimate of drug-likeness (QED) is 0.401. The van der Waals surface area contributed by atoms with Crippen LogP contribution in [0.15, 0.2) is 40.2 Å². The van der Waals surface area contributed by atoms with Gasteiger partial charge in [0.2, 0.25) is 0 Å². The van der Waals surface area contributed by atoms with E-state index in [1.807, 2.05) is 16.7 Å². The number of aromatic nitrogens is 4. The summed E-state index contributed by atoms with van der Waals surface area (Å²) in [5.41, 5.74) is 1.41. The van der Waals surface area contributed by atoms with Crippen molar-refractivity contribution in [3.05, 3.63) is 57.0 Å². The van der Waals surface area contributed by atoms with Crippen molar-refractivity contribution in [2.45, 2.75) is 32.4 Å². The minimum atomic E-state index is -0.367. The van der Waals surface area contributed by atoms with Crippen LogP contribution in [0.2, 0.25) is 0 Å². The van der Waals surface area contributed by atoms with Gasteiger partial charge in [-0.2, -0.15) is 0 Å². The van der Waals surface area contributed by atoms with Crippen LogP contribution >= 0.6 is 0 Å². The Morgan fingerprint density at radius 1 is 1.14 bits per heavy atom. The minimum absolute atomic E-state index is 0. The van der Waals surface area contributed by atoms with Crippen molar-refractivity contribution < 1.29 is 22.8 Å². The Hall–Kier alpha value is -2.58. The number of benzene rings is 1. The number of phenols is 1. The fourth-order valence-corrected chi connectivity index (χ4v) is 3.32. The van der Waals surface area contributed by atoms with Crippen molar-refractivity contribution in [3.8, 4) is 5.75 Å². The third-order valence-corrected chi connectivity index (χ3v) is 4.88. The predicted molar refractivity (Wildman–Crippen MR) is 103 cm³/mol. The fraction of sp³-hybridized carbons (Fsp3) is 0.421. The molecule has 0 spiro atoms. The number of fused-ring (bicyclic) bond motifs is 1. The van der Waals surface area contributed by atoms with Crippen LogP contribution in [0.4, 0.5) is 0 Å². The molecule has 0 amide bonds. The molecule has 9 heteroatoms. The molecule has 152 valence electrons. The van der Waals surface area contributed by atoms with Gasteiger partial charge in [0.25, 0.3) is 5.56 Å². The number of quaternary nitrogens is 1. The van der Waals surface area contributed by atoms with Gasteiger partial charge < -0.3 is 27.4 Å². The minimum Gasteiger partial charge on any atom is -1.00 e. The molecule has 0 fully saturated rings. The van der Waals surface area contributed by atoms with Crippen LogP contribution in [0, 0.1) is 0 Å². The topological polar surface area (TPSA) is 98.7 Å². The number of hydrogen-bond donors (Lipinski definition) is 2. The van der Waals surface area contributed by atoms with Crippen LogP contribution in [0.25, 0.3) is 11.2 Å². The molecule has 2 heterocycles. The van der Waals surface area contributed by atoms with Crippen LogP contribution in [-0.2, 0) is 27.1 Å². The zero-order valence-corrected chi connectivity index (χ0v) is 17.1. The molecule has 3 N–H and O–H groups in total. The lowest BCUT2D eigenvalue weighted by molar-refractivity contribution is -0.686. The average molecular weight is 408 g/mol. The first kappa shape index (κ1) is 21.7. The molecule has 28 heavy (non-hydrogen) atoms. The van der Waals surface area contributed by atoms with E-state index in [2.05, 4.69) is 17.2 Å². The Bertz CT molecular complexity index is 1050. The van der Waals surface area contributed by atoms with E-state index in [1.54, 1.807) is 25.5 Å². The van der Waals surface area contributed by atoms with Gasteiger partial charge >= 0.3 is 5.69 Å². The van der Waals surface area contributed by atoms with Crippen molar-refractivity contribution in [2.24, 2.45) is 14.1 Å². The standard InChI is InChI=1S/C19H25N5O3.ClH/c1-13(11-14-5-7-15(25)8-6-14)20-9-4-10-24-12-21-17-16(24)18(26)23(3)19(27)22(17)2;/h5-8,12-13,20,25H,4,9-11H2,1-3H3;1H. The zero-order chi connectivity index (χ0) is 19.6. The summed E-state index contributed by atoms with van der Waals surface area (Å²) in [5.74, 6) is 0.284. The van der Waals surface area contributed by atoms with Gasteiger partial charge in [-0.05, 0) is 24.6 Å². The lowest BCUT2D eigenvalue weighted by Gasteiger charge is -2.11. The molecular weight excluding hydrogens is 382 g/mol. The highest BCUT2D eigenvalue weighted by molar-refractivity contribution is 5.69. The number of hydrogen-bond acceptors (Lipinski definition) is 4. The second-order valence-corrected chi connectivity index (χ2v) is 7.04. The normalized spacial score (nSPS) is 12.1. The van der Waals surface area contributed by atoms with Crippen LogP contribution in [0.1, 0.15) is 18.9 Å². The number of nitrogens with zero attached hydrogens (tertiary/aromatic N) is 4. The third-order valence-electron chi connectivity index (χ3n) is 4.88. The van der Waals surface area contributed by atoms with Crippen molar-refractivity contribution in [2.75, 3.05) is 6.54 Å². The van der Waals surface area contributed by atoms with Crippen molar-refractivity contribution >= 4 is 11.2 Å². The third kappa shape index (κ3) is 4.45. The van der Waals surface area contributed by atoms with Gasteiger partial charge in [0, 0.05) is 33.5 Å². The Labute approximate surface area is 168 Å². The van der Waals surface area contributed by atoms with Gasteiger partial charge in [-0.25, -0.2) is 9.78 Å². The SMILES string of the molecule is CC(Cc1ccc(O)cc1)[NH2+]CCCn1cnc2c1c(=O)n(C)c(=O)n2C.[Cl-]. The number of rotatable bonds is 7. The van der Waals surface area contributed by atoms with Gasteiger partial charge in [0.05, 0.1) is 18.9 Å². The molecule has 1 atom stereocenters. The summed E-state index contributed by atoms with van der Waals surface area (Å²) < 4.78 is 4.35. The summed E-state index contributed by atoms with van der Waals surface area (Å²) in [6, 6.07) is 7.72. The average Bonchev–Trinajstić information content (AvgIpc) is 3.08. The molecule has 3 aromatic rings. The molecule has 0 bridgehead atoms. The van der Waals surface area contributed by atoms with E-state index >= 15 is 0 Å². The molecule has 0 aliphatic rings. The summed E-state index contributed by atoms with van der Waals surface area (Å²) in [7, 11) is 3.11. The molecule has 0 aliphatic carbocycles. The largest absolute Gasteiger partial charge is 1.00 e. The van der Waals surface area contributed by atoms with E-state index in [-0.39, 0.29) is 29.4 Å². The lowest BCUT2D eigenvalue weighted by atomic mass is 10.1. The number of halogens is 1. The summed E-state index contributed by atoms with van der Waals surface area (Å²) in [5, 5.41) is 11.6. The Balaban J connectivity index is 0.00000280. The molecule has 0 radical (unpaired) electrons. The highest BCUT2D eigenvalue weighted by Gasteiger charge is 2.14. The smallest absolute Gasteiger partial charge is 0.332 e. The van der Waals surface area contributed by atoms with E-state index < -0.39 is 0 Å². The molecule has 1 aromatic carbocycles. The first-order valence-corrected chi connectivity index (χ1v) is 9.10. The van der Waals surface area contributed by atoms with Crippen molar-refractivity contribution in [1.82, 2.24) is 18.7 Å². The van der Waals surface area contributed by atoms with E-state index in [9.17, 15) is 14.7 Å².